The minimum atomic E-state index is -0.704. The average Bonchev–Trinajstić information content (AvgIpc) is 2.34. The van der Waals surface area contributed by atoms with Crippen molar-refractivity contribution in [3.8, 4) is 5.75 Å². The Kier molecular flexibility index (Phi) is 3.37. The van der Waals surface area contributed by atoms with Gasteiger partial charge < -0.3 is 16.2 Å². The summed E-state index contributed by atoms with van der Waals surface area (Å²) in [6.07, 6.45) is 0. The number of amides is 1. The molecule has 5 heteroatoms. The molecule has 19 heavy (non-hydrogen) atoms. The number of benzene rings is 2. The van der Waals surface area contributed by atoms with Crippen LogP contribution >= 0.6 is 0 Å². The van der Waals surface area contributed by atoms with Gasteiger partial charge in [-0.15, -0.1) is 0 Å². The van der Waals surface area contributed by atoms with Crippen LogP contribution < -0.4 is 11.1 Å². The van der Waals surface area contributed by atoms with Crippen molar-refractivity contribution in [3.63, 3.8) is 0 Å². The summed E-state index contributed by atoms with van der Waals surface area (Å²) in [6.45, 7) is 1.70. The number of rotatable bonds is 2. The van der Waals surface area contributed by atoms with Crippen molar-refractivity contribution in [2.24, 2.45) is 0 Å². The van der Waals surface area contributed by atoms with E-state index < -0.39 is 11.7 Å². The third-order valence-electron chi connectivity index (χ3n) is 2.72. The van der Waals surface area contributed by atoms with Crippen LogP contribution in [-0.4, -0.2) is 11.0 Å². The summed E-state index contributed by atoms with van der Waals surface area (Å²) >= 11 is 0. The number of para-hydroxylation sites is 1. The summed E-state index contributed by atoms with van der Waals surface area (Å²) in [7, 11) is 0. The van der Waals surface area contributed by atoms with E-state index in [2.05, 4.69) is 5.32 Å². The fourth-order valence-corrected chi connectivity index (χ4v) is 1.66. The number of nitrogen functional groups attached to an aromatic ring is 1. The summed E-state index contributed by atoms with van der Waals surface area (Å²) in [5.74, 6) is -1.38. The van der Waals surface area contributed by atoms with E-state index >= 15 is 0 Å². The highest BCUT2D eigenvalue weighted by Crippen LogP contribution is 2.27. The molecule has 1 amide bonds. The number of nitrogens with one attached hydrogen (secondary N) is 1. The van der Waals surface area contributed by atoms with Gasteiger partial charge >= 0.3 is 0 Å². The molecule has 98 valence electrons. The zero-order chi connectivity index (χ0) is 14.0. The second kappa shape index (κ2) is 4.97. The molecule has 0 fully saturated rings. The topological polar surface area (TPSA) is 75.4 Å². The number of aromatic hydroxyl groups is 1. The zero-order valence-corrected chi connectivity index (χ0v) is 10.3. The van der Waals surface area contributed by atoms with E-state index in [1.807, 2.05) is 0 Å². The average molecular weight is 260 g/mol. The molecule has 2 rings (SSSR count). The van der Waals surface area contributed by atoms with Gasteiger partial charge in [0.25, 0.3) is 5.91 Å². The van der Waals surface area contributed by atoms with Gasteiger partial charge in [-0.25, -0.2) is 4.39 Å². The Labute approximate surface area is 109 Å². The number of anilines is 2. The zero-order valence-electron chi connectivity index (χ0n) is 10.3. The first-order valence-electron chi connectivity index (χ1n) is 5.64. The quantitative estimate of drug-likeness (QED) is 0.574. The molecule has 0 aromatic heterocycles. The van der Waals surface area contributed by atoms with Crippen molar-refractivity contribution in [2.45, 2.75) is 6.92 Å². The van der Waals surface area contributed by atoms with Crippen LogP contribution in [0.4, 0.5) is 15.8 Å². The maximum absolute atomic E-state index is 13.6. The number of carbonyl (C=O) groups excluding carboxylic acids is 1. The van der Waals surface area contributed by atoms with Crippen molar-refractivity contribution in [1.29, 1.82) is 0 Å². The Morgan fingerprint density at radius 3 is 2.74 bits per heavy atom. The first-order valence-corrected chi connectivity index (χ1v) is 5.64. The highest BCUT2D eigenvalue weighted by molar-refractivity contribution is 6.05. The summed E-state index contributed by atoms with van der Waals surface area (Å²) in [5.41, 5.74) is 6.38. The van der Waals surface area contributed by atoms with Gasteiger partial charge in [0.2, 0.25) is 0 Å². The Morgan fingerprint density at radius 1 is 1.32 bits per heavy atom. The van der Waals surface area contributed by atoms with Crippen LogP contribution in [0.5, 0.6) is 5.75 Å². The van der Waals surface area contributed by atoms with Gasteiger partial charge in [-0.05, 0) is 36.8 Å². The van der Waals surface area contributed by atoms with Crippen LogP contribution in [0.2, 0.25) is 0 Å². The van der Waals surface area contributed by atoms with E-state index in [0.717, 1.165) is 6.07 Å². The lowest BCUT2D eigenvalue weighted by Crippen LogP contribution is -2.14. The number of carbonyl (C=O) groups is 1. The molecule has 0 radical (unpaired) electrons. The smallest absolute Gasteiger partial charge is 0.258 e. The first kappa shape index (κ1) is 12.9. The highest BCUT2D eigenvalue weighted by Gasteiger charge is 2.14. The standard InChI is InChI=1S/C14H13FN2O2/c1-8-3-2-4-12(13(8)18)17-14(19)10-6-5-9(16)7-11(10)15/h2-7,18H,16H2,1H3,(H,17,19). The van der Waals surface area contributed by atoms with Crippen molar-refractivity contribution < 1.29 is 14.3 Å². The van der Waals surface area contributed by atoms with Crippen LogP contribution in [0, 0.1) is 12.7 Å². The van der Waals surface area contributed by atoms with Crippen LogP contribution in [-0.2, 0) is 0 Å². The minimum absolute atomic E-state index is 0.0355. The van der Waals surface area contributed by atoms with E-state index in [-0.39, 0.29) is 22.7 Å². The molecule has 0 saturated heterocycles. The van der Waals surface area contributed by atoms with E-state index in [4.69, 9.17) is 5.73 Å². The van der Waals surface area contributed by atoms with E-state index in [0.29, 0.717) is 5.56 Å². The summed E-state index contributed by atoms with van der Waals surface area (Å²) in [4.78, 5) is 11.9. The van der Waals surface area contributed by atoms with Crippen LogP contribution in [0.25, 0.3) is 0 Å². The maximum Gasteiger partial charge on any atom is 0.258 e. The summed E-state index contributed by atoms with van der Waals surface area (Å²) < 4.78 is 13.6. The molecular formula is C14H13FN2O2. The van der Waals surface area contributed by atoms with Gasteiger partial charge in [0, 0.05) is 5.69 Å². The van der Waals surface area contributed by atoms with E-state index in [1.54, 1.807) is 19.1 Å². The maximum atomic E-state index is 13.6. The molecule has 0 unspecified atom stereocenters. The monoisotopic (exact) mass is 260 g/mol. The number of phenols is 1. The lowest BCUT2D eigenvalue weighted by Gasteiger charge is -2.09. The number of hydrogen-bond donors (Lipinski definition) is 3. The fourth-order valence-electron chi connectivity index (χ4n) is 1.66. The molecule has 0 aliphatic heterocycles. The van der Waals surface area contributed by atoms with Crippen molar-refractivity contribution in [2.75, 3.05) is 11.1 Å². The number of halogens is 1. The second-order valence-electron chi connectivity index (χ2n) is 4.16. The molecule has 0 saturated carbocycles. The van der Waals surface area contributed by atoms with Crippen LogP contribution in [0.15, 0.2) is 36.4 Å². The lowest BCUT2D eigenvalue weighted by molar-refractivity contribution is 0.102. The second-order valence-corrected chi connectivity index (χ2v) is 4.16. The molecule has 2 aromatic carbocycles. The van der Waals surface area contributed by atoms with E-state index in [1.165, 1.54) is 18.2 Å². The highest BCUT2D eigenvalue weighted by atomic mass is 19.1. The number of phenolic OH excluding ortho intramolecular Hbond substituents is 1. The normalized spacial score (nSPS) is 10.2. The molecule has 4 N–H and O–H groups in total. The van der Waals surface area contributed by atoms with Crippen molar-refractivity contribution in [3.05, 3.63) is 53.3 Å². The van der Waals surface area contributed by atoms with E-state index in [9.17, 15) is 14.3 Å². The lowest BCUT2D eigenvalue weighted by atomic mass is 10.1. The molecule has 0 heterocycles. The van der Waals surface area contributed by atoms with Crippen molar-refractivity contribution in [1.82, 2.24) is 0 Å². The Bertz CT molecular complexity index is 641. The Morgan fingerprint density at radius 2 is 2.05 bits per heavy atom. The minimum Gasteiger partial charge on any atom is -0.505 e. The molecule has 0 atom stereocenters. The summed E-state index contributed by atoms with van der Waals surface area (Å²) in [5, 5.41) is 12.2. The predicted octanol–water partition coefficient (Wildman–Crippen LogP) is 2.67. The molecule has 0 aliphatic rings. The van der Waals surface area contributed by atoms with Gasteiger partial charge in [0.1, 0.15) is 11.6 Å². The first-order chi connectivity index (χ1) is 8.99. The third kappa shape index (κ3) is 2.65. The van der Waals surface area contributed by atoms with Crippen LogP contribution in [0.3, 0.4) is 0 Å². The number of nitrogens with two attached hydrogens (primary N) is 1. The molecule has 0 spiro atoms. The summed E-state index contributed by atoms with van der Waals surface area (Å²) in [6, 6.07) is 8.74. The third-order valence-corrected chi connectivity index (χ3v) is 2.72. The van der Waals surface area contributed by atoms with Gasteiger partial charge in [-0.2, -0.15) is 0 Å². The number of hydrogen-bond acceptors (Lipinski definition) is 3. The molecule has 0 bridgehead atoms. The van der Waals surface area contributed by atoms with Gasteiger partial charge in [0.05, 0.1) is 11.3 Å². The largest absolute Gasteiger partial charge is 0.505 e. The molecular weight excluding hydrogens is 247 g/mol. The van der Waals surface area contributed by atoms with Gasteiger partial charge in [0.15, 0.2) is 0 Å². The fraction of sp³-hybridized carbons (Fsp3) is 0.0714. The predicted molar refractivity (Wildman–Crippen MR) is 71.6 cm³/mol. The molecule has 2 aromatic rings. The SMILES string of the molecule is Cc1cccc(NC(=O)c2ccc(N)cc2F)c1O. The molecule has 0 aliphatic carbocycles. The Balaban J connectivity index is 2.28. The Hall–Kier alpha value is -2.56. The number of aryl methyl sites for hydroxylation is 1. The van der Waals surface area contributed by atoms with Crippen molar-refractivity contribution >= 4 is 17.3 Å². The van der Waals surface area contributed by atoms with Gasteiger partial charge in [-0.3, -0.25) is 4.79 Å². The van der Waals surface area contributed by atoms with Gasteiger partial charge in [-0.1, -0.05) is 12.1 Å². The van der Waals surface area contributed by atoms with Crippen LogP contribution in [0.1, 0.15) is 15.9 Å². The molecule has 4 nitrogen and oxygen atoms in total.